The zero-order valence-corrected chi connectivity index (χ0v) is 17.3. The molecule has 0 spiro atoms. The highest BCUT2D eigenvalue weighted by Gasteiger charge is 2.18. The van der Waals surface area contributed by atoms with Crippen molar-refractivity contribution >= 4 is 38.5 Å². The molecule has 0 aliphatic rings. The molecule has 1 N–H and O–H groups in total. The minimum Gasteiger partial charge on any atom is -0.310 e. The number of hydrogen-bond acceptors (Lipinski definition) is 1. The van der Waals surface area contributed by atoms with Crippen molar-refractivity contribution < 1.29 is 0 Å². The third kappa shape index (κ3) is 7.00. The minimum atomic E-state index is 0.483. The molecule has 0 fully saturated rings. The van der Waals surface area contributed by atoms with E-state index in [-0.39, 0.29) is 0 Å². The molecule has 1 aromatic carbocycles. The SMILES string of the molecule is CCCCC(CC)CC(NCCC)c1cc(Br)ccc1I. The number of benzene rings is 1. The Balaban J connectivity index is 2.85. The minimum absolute atomic E-state index is 0.483. The Morgan fingerprint density at radius 1 is 1.19 bits per heavy atom. The van der Waals surface area contributed by atoms with Crippen LogP contribution in [-0.2, 0) is 0 Å². The number of nitrogens with one attached hydrogen (secondary N) is 1. The fourth-order valence-electron chi connectivity index (χ4n) is 2.74. The highest BCUT2D eigenvalue weighted by atomic mass is 127. The standard InChI is InChI=1S/C18H29BrIN/c1-4-7-8-14(6-3)12-18(21-11-5-2)16-13-15(19)9-10-17(16)20/h9-10,13-14,18,21H,4-8,11-12H2,1-3H3. The first kappa shape index (κ1) is 19.4. The first-order chi connectivity index (χ1) is 10.1. The van der Waals surface area contributed by atoms with Crippen LogP contribution in [0.5, 0.6) is 0 Å². The molecule has 0 saturated heterocycles. The summed E-state index contributed by atoms with van der Waals surface area (Å²) in [5, 5.41) is 3.77. The number of rotatable bonds is 10. The third-order valence-electron chi connectivity index (χ3n) is 4.09. The Morgan fingerprint density at radius 3 is 2.57 bits per heavy atom. The van der Waals surface area contributed by atoms with Gasteiger partial charge in [0.05, 0.1) is 0 Å². The monoisotopic (exact) mass is 465 g/mol. The topological polar surface area (TPSA) is 12.0 Å². The van der Waals surface area contributed by atoms with Crippen LogP contribution in [0.15, 0.2) is 22.7 Å². The number of halogens is 2. The third-order valence-corrected chi connectivity index (χ3v) is 5.56. The molecule has 1 aromatic rings. The van der Waals surface area contributed by atoms with Gasteiger partial charge in [0, 0.05) is 14.1 Å². The van der Waals surface area contributed by atoms with E-state index in [2.05, 4.69) is 82.8 Å². The van der Waals surface area contributed by atoms with Gasteiger partial charge >= 0.3 is 0 Å². The Hall–Kier alpha value is 0.390. The van der Waals surface area contributed by atoms with Crippen LogP contribution in [0.3, 0.4) is 0 Å². The van der Waals surface area contributed by atoms with Crippen molar-refractivity contribution in [1.29, 1.82) is 0 Å². The summed E-state index contributed by atoms with van der Waals surface area (Å²) in [6.07, 6.45) is 7.75. The van der Waals surface area contributed by atoms with E-state index in [9.17, 15) is 0 Å². The van der Waals surface area contributed by atoms with Crippen LogP contribution in [0.25, 0.3) is 0 Å². The fourth-order valence-corrected chi connectivity index (χ4v) is 3.83. The molecule has 0 radical (unpaired) electrons. The van der Waals surface area contributed by atoms with Gasteiger partial charge in [0.2, 0.25) is 0 Å². The van der Waals surface area contributed by atoms with Crippen LogP contribution in [0.2, 0.25) is 0 Å². The lowest BCUT2D eigenvalue weighted by molar-refractivity contribution is 0.353. The molecule has 0 amide bonds. The van der Waals surface area contributed by atoms with Crippen LogP contribution in [0.1, 0.15) is 70.9 Å². The molecule has 2 unspecified atom stereocenters. The predicted octanol–water partition coefficient (Wildman–Crippen LogP) is 6.70. The summed E-state index contributed by atoms with van der Waals surface area (Å²) in [5.41, 5.74) is 1.45. The van der Waals surface area contributed by atoms with Crippen LogP contribution in [0.4, 0.5) is 0 Å². The van der Waals surface area contributed by atoms with Crippen LogP contribution in [0, 0.1) is 9.49 Å². The summed E-state index contributed by atoms with van der Waals surface area (Å²) in [5.74, 6) is 0.828. The number of hydrogen-bond donors (Lipinski definition) is 1. The number of unbranched alkanes of at least 4 members (excludes halogenated alkanes) is 1. The first-order valence-electron chi connectivity index (χ1n) is 8.30. The maximum Gasteiger partial charge on any atom is 0.0333 e. The van der Waals surface area contributed by atoms with E-state index in [1.165, 1.54) is 52.1 Å². The molecule has 0 aromatic heterocycles. The zero-order chi connectivity index (χ0) is 15.7. The molecular weight excluding hydrogens is 437 g/mol. The van der Waals surface area contributed by atoms with Crippen molar-refractivity contribution in [3.05, 3.63) is 31.8 Å². The Morgan fingerprint density at radius 2 is 1.95 bits per heavy atom. The molecule has 1 nitrogen and oxygen atoms in total. The van der Waals surface area contributed by atoms with E-state index in [1.54, 1.807) is 0 Å². The Kier molecular flexibility index (Phi) is 10.2. The van der Waals surface area contributed by atoms with Crippen molar-refractivity contribution in [2.24, 2.45) is 5.92 Å². The molecule has 21 heavy (non-hydrogen) atoms. The summed E-state index contributed by atoms with van der Waals surface area (Å²) in [4.78, 5) is 0. The van der Waals surface area contributed by atoms with E-state index < -0.39 is 0 Å². The van der Waals surface area contributed by atoms with Crippen LogP contribution < -0.4 is 5.32 Å². The van der Waals surface area contributed by atoms with Gasteiger partial charge in [-0.2, -0.15) is 0 Å². The average molecular weight is 466 g/mol. The molecule has 1 rings (SSSR count). The molecule has 2 atom stereocenters. The predicted molar refractivity (Wildman–Crippen MR) is 106 cm³/mol. The van der Waals surface area contributed by atoms with Gasteiger partial charge in [0.1, 0.15) is 0 Å². The normalized spacial score (nSPS) is 14.1. The second-order valence-electron chi connectivity index (χ2n) is 5.82. The summed E-state index contributed by atoms with van der Waals surface area (Å²) < 4.78 is 2.55. The second kappa shape index (κ2) is 11.0. The van der Waals surface area contributed by atoms with E-state index in [0.29, 0.717) is 6.04 Å². The van der Waals surface area contributed by atoms with Gasteiger partial charge in [0.25, 0.3) is 0 Å². The van der Waals surface area contributed by atoms with Gasteiger partial charge in [-0.25, -0.2) is 0 Å². The Bertz CT molecular complexity index is 408. The highest BCUT2D eigenvalue weighted by Crippen LogP contribution is 2.31. The maximum absolute atomic E-state index is 3.77. The van der Waals surface area contributed by atoms with Gasteiger partial charge in [0.15, 0.2) is 0 Å². The van der Waals surface area contributed by atoms with Gasteiger partial charge in [-0.05, 0) is 71.7 Å². The molecule has 3 heteroatoms. The van der Waals surface area contributed by atoms with Gasteiger partial charge in [-0.1, -0.05) is 62.4 Å². The van der Waals surface area contributed by atoms with Gasteiger partial charge in [-0.15, -0.1) is 0 Å². The van der Waals surface area contributed by atoms with Gasteiger partial charge < -0.3 is 5.32 Å². The highest BCUT2D eigenvalue weighted by molar-refractivity contribution is 14.1. The smallest absolute Gasteiger partial charge is 0.0333 e. The first-order valence-corrected chi connectivity index (χ1v) is 10.2. The van der Waals surface area contributed by atoms with Crippen molar-refractivity contribution in [3.8, 4) is 0 Å². The Labute approximate surface area is 152 Å². The summed E-state index contributed by atoms with van der Waals surface area (Å²) in [6, 6.07) is 7.13. The molecule has 0 aliphatic carbocycles. The molecule has 0 heterocycles. The second-order valence-corrected chi connectivity index (χ2v) is 7.90. The van der Waals surface area contributed by atoms with E-state index >= 15 is 0 Å². The molecule has 0 bridgehead atoms. The lowest BCUT2D eigenvalue weighted by Crippen LogP contribution is -2.25. The van der Waals surface area contributed by atoms with Crippen molar-refractivity contribution in [1.82, 2.24) is 5.32 Å². The molecular formula is C18H29BrIN. The lowest BCUT2D eigenvalue weighted by Gasteiger charge is -2.25. The summed E-state index contributed by atoms with van der Waals surface area (Å²) in [7, 11) is 0. The summed E-state index contributed by atoms with van der Waals surface area (Å²) in [6.45, 7) is 7.96. The largest absolute Gasteiger partial charge is 0.310 e. The van der Waals surface area contributed by atoms with E-state index in [1.807, 2.05) is 0 Å². The zero-order valence-electron chi connectivity index (χ0n) is 13.6. The van der Waals surface area contributed by atoms with Crippen molar-refractivity contribution in [2.45, 2.75) is 65.3 Å². The average Bonchev–Trinajstić information content (AvgIpc) is 2.49. The van der Waals surface area contributed by atoms with Crippen molar-refractivity contribution in [3.63, 3.8) is 0 Å². The molecule has 0 aliphatic heterocycles. The van der Waals surface area contributed by atoms with E-state index in [0.717, 1.165) is 12.5 Å². The van der Waals surface area contributed by atoms with E-state index in [4.69, 9.17) is 0 Å². The molecule has 0 saturated carbocycles. The maximum atomic E-state index is 3.77. The fraction of sp³-hybridized carbons (Fsp3) is 0.667. The van der Waals surface area contributed by atoms with Crippen LogP contribution >= 0.6 is 38.5 Å². The summed E-state index contributed by atoms with van der Waals surface area (Å²) >= 11 is 6.10. The van der Waals surface area contributed by atoms with Crippen molar-refractivity contribution in [2.75, 3.05) is 6.54 Å². The lowest BCUT2D eigenvalue weighted by atomic mass is 9.89. The van der Waals surface area contributed by atoms with Crippen LogP contribution in [-0.4, -0.2) is 6.54 Å². The van der Waals surface area contributed by atoms with Gasteiger partial charge in [-0.3, -0.25) is 0 Å². The molecule has 120 valence electrons. The quantitative estimate of drug-likeness (QED) is 0.379.